The van der Waals surface area contributed by atoms with Gasteiger partial charge in [-0.1, -0.05) is 0 Å². The Kier molecular flexibility index (Phi) is 3.52. The van der Waals surface area contributed by atoms with Gasteiger partial charge in [0, 0.05) is 19.2 Å². The Morgan fingerprint density at radius 3 is 2.72 bits per heavy atom. The van der Waals surface area contributed by atoms with Crippen molar-refractivity contribution in [2.24, 2.45) is 5.92 Å². The molecule has 0 aliphatic carbocycles. The molecule has 2 rings (SSSR count). The zero-order chi connectivity index (χ0) is 13.3. The van der Waals surface area contributed by atoms with Crippen LogP contribution in [0.5, 0.6) is 0 Å². The number of hydrogen-bond acceptors (Lipinski definition) is 3. The van der Waals surface area contributed by atoms with E-state index in [9.17, 15) is 18.0 Å². The number of halogens is 3. The van der Waals surface area contributed by atoms with Gasteiger partial charge in [0.25, 0.3) is 0 Å². The fourth-order valence-electron chi connectivity index (χ4n) is 1.88. The minimum atomic E-state index is -4.45. The average Bonchev–Trinajstić information content (AvgIpc) is 2.70. The molecule has 98 valence electrons. The van der Waals surface area contributed by atoms with Crippen LogP contribution in [0.15, 0.2) is 18.5 Å². The molecular formula is C11H11F3N2OS. The molecule has 18 heavy (non-hydrogen) atoms. The van der Waals surface area contributed by atoms with E-state index >= 15 is 0 Å². The number of nitrogens with zero attached hydrogens (tertiary/aromatic N) is 2. The number of carbonyl (C=O) groups excluding carboxylic acids is 1. The van der Waals surface area contributed by atoms with Crippen LogP contribution in [0, 0.1) is 5.92 Å². The first-order chi connectivity index (χ1) is 8.41. The van der Waals surface area contributed by atoms with Gasteiger partial charge in [-0.05, 0) is 17.7 Å². The van der Waals surface area contributed by atoms with Crippen molar-refractivity contribution in [1.82, 2.24) is 4.98 Å². The highest BCUT2D eigenvalue weighted by atomic mass is 32.1. The number of alkyl halides is 3. The molecule has 1 fully saturated rings. The third kappa shape index (κ3) is 2.60. The van der Waals surface area contributed by atoms with E-state index in [0.29, 0.717) is 18.7 Å². The van der Waals surface area contributed by atoms with E-state index in [1.54, 1.807) is 0 Å². The van der Waals surface area contributed by atoms with Crippen molar-refractivity contribution in [3.8, 4) is 0 Å². The number of amides is 1. The summed E-state index contributed by atoms with van der Waals surface area (Å²) in [5.41, 5.74) is -0.652. The van der Waals surface area contributed by atoms with Crippen LogP contribution in [-0.2, 0) is 11.0 Å². The van der Waals surface area contributed by atoms with Crippen LogP contribution >= 0.6 is 12.6 Å². The van der Waals surface area contributed by atoms with Gasteiger partial charge in [-0.15, -0.1) is 0 Å². The van der Waals surface area contributed by atoms with Crippen LogP contribution in [-0.4, -0.2) is 23.2 Å². The number of carbonyl (C=O) groups is 1. The largest absolute Gasteiger partial charge is 0.417 e. The summed E-state index contributed by atoms with van der Waals surface area (Å²) < 4.78 is 37.6. The van der Waals surface area contributed by atoms with Crippen molar-refractivity contribution in [3.05, 3.63) is 24.0 Å². The zero-order valence-electron chi connectivity index (χ0n) is 9.31. The first-order valence-electron chi connectivity index (χ1n) is 5.35. The molecule has 7 heteroatoms. The third-order valence-corrected chi connectivity index (χ3v) is 3.34. The van der Waals surface area contributed by atoms with E-state index in [-0.39, 0.29) is 17.5 Å². The van der Waals surface area contributed by atoms with Crippen molar-refractivity contribution in [2.45, 2.75) is 12.6 Å². The van der Waals surface area contributed by atoms with Crippen LogP contribution in [0.4, 0.5) is 18.9 Å². The second-order valence-corrected chi connectivity index (χ2v) is 4.55. The molecule has 1 atom stereocenters. The van der Waals surface area contributed by atoms with Crippen molar-refractivity contribution in [1.29, 1.82) is 0 Å². The summed E-state index contributed by atoms with van der Waals surface area (Å²) in [6.07, 6.45) is -2.11. The summed E-state index contributed by atoms with van der Waals surface area (Å²) in [5.74, 6) is 0.430. The molecule has 3 nitrogen and oxygen atoms in total. The van der Waals surface area contributed by atoms with E-state index in [1.807, 2.05) is 0 Å². The SMILES string of the molecule is O=C1CC(CS)CN1c1cncc(C(F)(F)F)c1. The maximum Gasteiger partial charge on any atom is 0.417 e. The predicted octanol–water partition coefficient (Wildman–Crippen LogP) is 2.38. The van der Waals surface area contributed by atoms with Gasteiger partial charge in [0.05, 0.1) is 17.4 Å². The van der Waals surface area contributed by atoms with Gasteiger partial charge >= 0.3 is 6.18 Å². The fraction of sp³-hybridized carbons (Fsp3) is 0.455. The summed E-state index contributed by atoms with van der Waals surface area (Å²) in [4.78, 5) is 16.6. The number of thiol groups is 1. The van der Waals surface area contributed by atoms with Gasteiger partial charge in [-0.2, -0.15) is 25.8 Å². The van der Waals surface area contributed by atoms with Crippen molar-refractivity contribution in [3.63, 3.8) is 0 Å². The van der Waals surface area contributed by atoms with Crippen LogP contribution in [0.2, 0.25) is 0 Å². The van der Waals surface area contributed by atoms with Gasteiger partial charge in [-0.25, -0.2) is 0 Å². The third-order valence-electron chi connectivity index (χ3n) is 2.83. The maximum atomic E-state index is 12.5. The first-order valence-corrected chi connectivity index (χ1v) is 5.98. The number of pyridine rings is 1. The second kappa shape index (κ2) is 4.79. The van der Waals surface area contributed by atoms with Gasteiger partial charge in [0.15, 0.2) is 0 Å². The molecule has 1 aliphatic rings. The zero-order valence-corrected chi connectivity index (χ0v) is 10.2. The Balaban J connectivity index is 2.27. The van der Waals surface area contributed by atoms with Crippen LogP contribution in [0.3, 0.4) is 0 Å². The summed E-state index contributed by atoms with van der Waals surface area (Å²) in [6.45, 7) is 0.394. The lowest BCUT2D eigenvalue weighted by atomic mass is 10.1. The summed E-state index contributed by atoms with van der Waals surface area (Å²) >= 11 is 4.10. The first kappa shape index (κ1) is 13.2. The van der Waals surface area contributed by atoms with Crippen LogP contribution < -0.4 is 4.90 Å². The molecular weight excluding hydrogens is 265 g/mol. The molecule has 2 heterocycles. The lowest BCUT2D eigenvalue weighted by Crippen LogP contribution is -2.25. The maximum absolute atomic E-state index is 12.5. The Morgan fingerprint density at radius 1 is 1.44 bits per heavy atom. The normalized spacial score (nSPS) is 20.6. The smallest absolute Gasteiger partial charge is 0.311 e. The monoisotopic (exact) mass is 276 g/mol. The van der Waals surface area contributed by atoms with Crippen molar-refractivity contribution < 1.29 is 18.0 Å². The molecule has 0 saturated carbocycles. The van der Waals surface area contributed by atoms with Crippen LogP contribution in [0.1, 0.15) is 12.0 Å². The highest BCUT2D eigenvalue weighted by Crippen LogP contribution is 2.32. The predicted molar refractivity (Wildman–Crippen MR) is 63.6 cm³/mol. The van der Waals surface area contributed by atoms with Gasteiger partial charge in [-0.3, -0.25) is 9.78 Å². The standard InChI is InChI=1S/C11H11F3N2OS/c12-11(13,14)8-2-9(4-15-3-8)16-5-7(6-18)1-10(16)17/h2-4,7,18H,1,5-6H2. The molecule has 1 aliphatic heterocycles. The summed E-state index contributed by atoms with van der Waals surface area (Å²) in [7, 11) is 0. The highest BCUT2D eigenvalue weighted by molar-refractivity contribution is 7.80. The Bertz CT molecular complexity index is 464. The number of anilines is 1. The van der Waals surface area contributed by atoms with E-state index in [2.05, 4.69) is 17.6 Å². The fourth-order valence-corrected chi connectivity index (χ4v) is 2.13. The van der Waals surface area contributed by atoms with E-state index in [1.165, 1.54) is 11.1 Å². The Hall–Kier alpha value is -1.24. The second-order valence-electron chi connectivity index (χ2n) is 4.19. The summed E-state index contributed by atoms with van der Waals surface area (Å²) in [6, 6.07) is 0.950. The number of aromatic nitrogens is 1. The quantitative estimate of drug-likeness (QED) is 0.841. The number of rotatable bonds is 2. The molecule has 0 spiro atoms. The van der Waals surface area contributed by atoms with Gasteiger partial charge in [0.2, 0.25) is 5.91 Å². The van der Waals surface area contributed by atoms with Crippen LogP contribution in [0.25, 0.3) is 0 Å². The highest BCUT2D eigenvalue weighted by Gasteiger charge is 2.34. The number of hydrogen-bond donors (Lipinski definition) is 1. The van der Waals surface area contributed by atoms with Gasteiger partial charge in [0.1, 0.15) is 0 Å². The lowest BCUT2D eigenvalue weighted by Gasteiger charge is -2.17. The van der Waals surface area contributed by atoms with Crippen molar-refractivity contribution >= 4 is 24.2 Å². The lowest BCUT2D eigenvalue weighted by molar-refractivity contribution is -0.137. The molecule has 0 N–H and O–H groups in total. The summed E-state index contributed by atoms with van der Waals surface area (Å²) in [5, 5.41) is 0. The average molecular weight is 276 g/mol. The Morgan fingerprint density at radius 2 is 2.17 bits per heavy atom. The molecule has 0 bridgehead atoms. The molecule has 1 unspecified atom stereocenters. The van der Waals surface area contributed by atoms with E-state index in [0.717, 1.165) is 12.3 Å². The molecule has 0 aromatic carbocycles. The van der Waals surface area contributed by atoms with Gasteiger partial charge < -0.3 is 4.90 Å². The molecule has 1 amide bonds. The molecule has 0 radical (unpaired) electrons. The minimum Gasteiger partial charge on any atom is -0.311 e. The van der Waals surface area contributed by atoms with E-state index < -0.39 is 11.7 Å². The molecule has 1 aromatic rings. The molecule has 1 aromatic heterocycles. The Labute approximate surface area is 107 Å². The minimum absolute atomic E-state index is 0.0791. The van der Waals surface area contributed by atoms with E-state index in [4.69, 9.17) is 0 Å². The topological polar surface area (TPSA) is 33.2 Å². The molecule has 1 saturated heterocycles. The van der Waals surface area contributed by atoms with Crippen molar-refractivity contribution in [2.75, 3.05) is 17.2 Å².